The van der Waals surface area contributed by atoms with Crippen LogP contribution in [0.25, 0.3) is 0 Å². The lowest BCUT2D eigenvalue weighted by molar-refractivity contribution is -0.109. The summed E-state index contributed by atoms with van der Waals surface area (Å²) in [6.07, 6.45) is -0.111. The molecular weight excluding hydrogens is 290 g/mol. The summed E-state index contributed by atoms with van der Waals surface area (Å²) in [6, 6.07) is 6.99. The number of aliphatic hydroxyl groups is 1. The van der Waals surface area contributed by atoms with Crippen LogP contribution in [0.5, 0.6) is 0 Å². The van der Waals surface area contributed by atoms with Crippen LogP contribution in [-0.4, -0.2) is 42.6 Å². The minimum atomic E-state index is -3.37. The van der Waals surface area contributed by atoms with Crippen LogP contribution in [0.3, 0.4) is 0 Å². The van der Waals surface area contributed by atoms with E-state index >= 15 is 0 Å². The Hall–Kier alpha value is -0.950. The molecule has 1 saturated heterocycles. The fourth-order valence-corrected chi connectivity index (χ4v) is 4.39. The maximum atomic E-state index is 12.6. The standard InChI is InChI=1S/C15H23NO4S/c1-12-8-16(11-15(2,3)20-12)21(18,19)10-14-6-4-13(9-17)5-7-14/h4-7,12,17H,8-11H2,1-3H3. The zero-order valence-electron chi connectivity index (χ0n) is 12.7. The fourth-order valence-electron chi connectivity index (χ4n) is 2.65. The van der Waals surface area contributed by atoms with Crippen molar-refractivity contribution in [3.05, 3.63) is 35.4 Å². The molecule has 0 bridgehead atoms. The Labute approximate surface area is 126 Å². The first-order valence-electron chi connectivity index (χ1n) is 7.06. The van der Waals surface area contributed by atoms with Gasteiger partial charge in [-0.1, -0.05) is 24.3 Å². The van der Waals surface area contributed by atoms with Crippen molar-refractivity contribution in [2.45, 2.75) is 44.8 Å². The average molecular weight is 313 g/mol. The van der Waals surface area contributed by atoms with E-state index in [4.69, 9.17) is 9.84 Å². The van der Waals surface area contributed by atoms with Crippen molar-refractivity contribution in [1.82, 2.24) is 4.31 Å². The van der Waals surface area contributed by atoms with E-state index in [0.717, 1.165) is 11.1 Å². The number of hydrogen-bond acceptors (Lipinski definition) is 4. The van der Waals surface area contributed by atoms with Gasteiger partial charge in [-0.3, -0.25) is 0 Å². The fraction of sp³-hybridized carbons (Fsp3) is 0.600. The van der Waals surface area contributed by atoms with Crippen molar-refractivity contribution in [2.24, 2.45) is 0 Å². The van der Waals surface area contributed by atoms with Crippen LogP contribution in [0, 0.1) is 0 Å². The monoisotopic (exact) mass is 313 g/mol. The van der Waals surface area contributed by atoms with Crippen molar-refractivity contribution in [3.63, 3.8) is 0 Å². The molecule has 118 valence electrons. The summed E-state index contributed by atoms with van der Waals surface area (Å²) in [5.41, 5.74) is 1.03. The van der Waals surface area contributed by atoms with Gasteiger partial charge >= 0.3 is 0 Å². The predicted octanol–water partition coefficient (Wildman–Crippen LogP) is 1.51. The maximum Gasteiger partial charge on any atom is 0.218 e. The first-order chi connectivity index (χ1) is 9.72. The zero-order chi connectivity index (χ0) is 15.7. The molecule has 0 radical (unpaired) electrons. The van der Waals surface area contributed by atoms with E-state index in [2.05, 4.69) is 0 Å². The van der Waals surface area contributed by atoms with Crippen molar-refractivity contribution in [1.29, 1.82) is 0 Å². The van der Waals surface area contributed by atoms with Gasteiger partial charge in [0.15, 0.2) is 0 Å². The molecule has 1 aromatic carbocycles. The van der Waals surface area contributed by atoms with Crippen molar-refractivity contribution >= 4 is 10.0 Å². The average Bonchev–Trinajstić information content (AvgIpc) is 2.37. The van der Waals surface area contributed by atoms with Crippen LogP contribution in [-0.2, 0) is 27.1 Å². The minimum Gasteiger partial charge on any atom is -0.392 e. The van der Waals surface area contributed by atoms with Gasteiger partial charge in [0.05, 0.1) is 24.1 Å². The maximum absolute atomic E-state index is 12.6. The number of nitrogens with zero attached hydrogens (tertiary/aromatic N) is 1. The molecule has 1 N–H and O–H groups in total. The second-order valence-corrected chi connectivity index (χ2v) is 8.18. The Kier molecular flexibility index (Phi) is 4.72. The summed E-state index contributed by atoms with van der Waals surface area (Å²) in [5, 5.41) is 9.01. The highest BCUT2D eigenvalue weighted by Crippen LogP contribution is 2.24. The first-order valence-corrected chi connectivity index (χ1v) is 8.67. The molecule has 1 aromatic rings. The van der Waals surface area contributed by atoms with Crippen LogP contribution in [0.15, 0.2) is 24.3 Å². The highest BCUT2D eigenvalue weighted by Gasteiger charge is 2.37. The lowest BCUT2D eigenvalue weighted by Gasteiger charge is -2.40. The van der Waals surface area contributed by atoms with Gasteiger partial charge in [0.1, 0.15) is 0 Å². The van der Waals surface area contributed by atoms with Crippen LogP contribution < -0.4 is 0 Å². The summed E-state index contributed by atoms with van der Waals surface area (Å²) in [4.78, 5) is 0. The van der Waals surface area contributed by atoms with Gasteiger partial charge in [-0.05, 0) is 31.9 Å². The Bertz CT molecular complexity index is 580. The van der Waals surface area contributed by atoms with Crippen LogP contribution in [0.1, 0.15) is 31.9 Å². The molecular formula is C15H23NO4S. The molecule has 0 spiro atoms. The number of morpholine rings is 1. The second-order valence-electron chi connectivity index (χ2n) is 6.21. The van der Waals surface area contributed by atoms with Crippen molar-refractivity contribution in [2.75, 3.05) is 13.1 Å². The van der Waals surface area contributed by atoms with E-state index in [0.29, 0.717) is 13.1 Å². The van der Waals surface area contributed by atoms with Gasteiger partial charge < -0.3 is 9.84 Å². The van der Waals surface area contributed by atoms with Gasteiger partial charge in [0.2, 0.25) is 10.0 Å². The van der Waals surface area contributed by atoms with E-state index in [1.807, 2.05) is 20.8 Å². The lowest BCUT2D eigenvalue weighted by atomic mass is 10.1. The number of aliphatic hydroxyl groups excluding tert-OH is 1. The summed E-state index contributed by atoms with van der Waals surface area (Å²) >= 11 is 0. The molecule has 2 rings (SSSR count). The topological polar surface area (TPSA) is 66.8 Å². The zero-order valence-corrected chi connectivity index (χ0v) is 13.6. The summed E-state index contributed by atoms with van der Waals surface area (Å²) in [6.45, 7) is 6.42. The Morgan fingerprint density at radius 2 is 1.86 bits per heavy atom. The summed E-state index contributed by atoms with van der Waals surface area (Å²) < 4.78 is 32.4. The summed E-state index contributed by atoms with van der Waals surface area (Å²) in [7, 11) is -3.37. The van der Waals surface area contributed by atoms with E-state index in [-0.39, 0.29) is 18.5 Å². The van der Waals surface area contributed by atoms with Crippen LogP contribution in [0.4, 0.5) is 0 Å². The predicted molar refractivity (Wildman–Crippen MR) is 81.2 cm³/mol. The van der Waals surface area contributed by atoms with E-state index in [9.17, 15) is 8.42 Å². The largest absolute Gasteiger partial charge is 0.392 e. The molecule has 1 unspecified atom stereocenters. The molecule has 5 nitrogen and oxygen atoms in total. The Morgan fingerprint density at radius 1 is 1.29 bits per heavy atom. The Balaban J connectivity index is 2.13. The van der Waals surface area contributed by atoms with Gasteiger partial charge in [0.25, 0.3) is 0 Å². The third kappa shape index (κ3) is 4.26. The van der Waals surface area contributed by atoms with Gasteiger partial charge in [-0.15, -0.1) is 0 Å². The third-order valence-corrected chi connectivity index (χ3v) is 5.25. The molecule has 1 atom stereocenters. The van der Waals surface area contributed by atoms with Crippen LogP contribution in [0.2, 0.25) is 0 Å². The highest BCUT2D eigenvalue weighted by atomic mass is 32.2. The van der Waals surface area contributed by atoms with Crippen LogP contribution >= 0.6 is 0 Å². The Morgan fingerprint density at radius 3 is 2.38 bits per heavy atom. The molecule has 1 fully saturated rings. The molecule has 0 saturated carbocycles. The van der Waals surface area contributed by atoms with E-state index < -0.39 is 15.6 Å². The highest BCUT2D eigenvalue weighted by molar-refractivity contribution is 7.88. The lowest BCUT2D eigenvalue weighted by Crippen LogP contribution is -2.53. The van der Waals surface area contributed by atoms with Gasteiger partial charge in [0, 0.05) is 13.1 Å². The van der Waals surface area contributed by atoms with Gasteiger partial charge in [-0.25, -0.2) is 8.42 Å². The number of ether oxygens (including phenoxy) is 1. The number of rotatable bonds is 4. The molecule has 1 aliphatic rings. The number of hydrogen-bond donors (Lipinski definition) is 1. The molecule has 21 heavy (non-hydrogen) atoms. The number of sulfonamides is 1. The van der Waals surface area contributed by atoms with Crippen molar-refractivity contribution in [3.8, 4) is 0 Å². The first kappa shape index (κ1) is 16.4. The normalized spacial score (nSPS) is 23.1. The molecule has 0 amide bonds. The third-order valence-electron chi connectivity index (χ3n) is 3.49. The molecule has 6 heteroatoms. The smallest absolute Gasteiger partial charge is 0.218 e. The van der Waals surface area contributed by atoms with Crippen molar-refractivity contribution < 1.29 is 18.3 Å². The quantitative estimate of drug-likeness (QED) is 0.915. The molecule has 1 aliphatic heterocycles. The second kappa shape index (κ2) is 6.04. The van der Waals surface area contributed by atoms with E-state index in [1.54, 1.807) is 24.3 Å². The molecule has 0 aliphatic carbocycles. The SMILES string of the molecule is CC1CN(S(=O)(=O)Cc2ccc(CO)cc2)CC(C)(C)O1. The minimum absolute atomic E-state index is 0.0263. The van der Waals surface area contributed by atoms with E-state index in [1.165, 1.54) is 4.31 Å². The van der Waals surface area contributed by atoms with Gasteiger partial charge in [-0.2, -0.15) is 4.31 Å². The molecule has 0 aromatic heterocycles. The summed E-state index contributed by atoms with van der Waals surface area (Å²) in [5.74, 6) is -0.0263. The molecule has 1 heterocycles. The number of benzene rings is 1.